The van der Waals surface area contributed by atoms with Crippen LogP contribution in [-0.2, 0) is 22.6 Å². The molecule has 4 heteroatoms. The van der Waals surface area contributed by atoms with Gasteiger partial charge in [-0.25, -0.2) is 0 Å². The number of methoxy groups -OCH3 is 1. The number of rotatable bonds is 9. The molecule has 0 aromatic carbocycles. The van der Waals surface area contributed by atoms with E-state index in [-0.39, 0.29) is 0 Å². The molecule has 98 valence electrons. The largest absolute Gasteiger partial charge is 0.382 e. The Labute approximate surface area is 108 Å². The Balaban J connectivity index is 2.33. The molecule has 0 atom stereocenters. The third-order valence-electron chi connectivity index (χ3n) is 2.49. The minimum absolute atomic E-state index is 0.661. The average Bonchev–Trinajstić information content (AvgIpc) is 2.66. The highest BCUT2D eigenvalue weighted by molar-refractivity contribution is 7.12. The number of thiophene rings is 1. The lowest BCUT2D eigenvalue weighted by atomic mass is 10.2. The van der Waals surface area contributed by atoms with Crippen LogP contribution in [0.3, 0.4) is 0 Å². The predicted octanol–water partition coefficient (Wildman–Crippen LogP) is 2.72. The molecule has 0 bridgehead atoms. The summed E-state index contributed by atoms with van der Waals surface area (Å²) in [5.74, 6) is 0. The fourth-order valence-electron chi connectivity index (χ4n) is 1.53. The smallest absolute Gasteiger partial charge is 0.0728 e. The number of aryl methyl sites for hydroxylation is 1. The molecule has 3 nitrogen and oxygen atoms in total. The SMILES string of the molecule is CCCNCc1cc(COCCOC)c(C)s1. The zero-order valence-corrected chi connectivity index (χ0v) is 11.9. The Bertz CT molecular complexity index is 312. The highest BCUT2D eigenvalue weighted by atomic mass is 32.1. The fraction of sp³-hybridized carbons (Fsp3) is 0.692. The second-order valence-electron chi connectivity index (χ2n) is 4.02. The minimum Gasteiger partial charge on any atom is -0.382 e. The maximum Gasteiger partial charge on any atom is 0.0728 e. The molecule has 0 saturated heterocycles. The number of hydrogen-bond donors (Lipinski definition) is 1. The van der Waals surface area contributed by atoms with Crippen molar-refractivity contribution in [2.75, 3.05) is 26.9 Å². The van der Waals surface area contributed by atoms with Crippen molar-refractivity contribution >= 4 is 11.3 Å². The van der Waals surface area contributed by atoms with Gasteiger partial charge in [-0.05, 0) is 31.5 Å². The van der Waals surface area contributed by atoms with E-state index >= 15 is 0 Å². The summed E-state index contributed by atoms with van der Waals surface area (Å²) in [6.45, 7) is 8.40. The van der Waals surface area contributed by atoms with Gasteiger partial charge in [-0.1, -0.05) is 6.92 Å². The van der Waals surface area contributed by atoms with E-state index in [4.69, 9.17) is 9.47 Å². The van der Waals surface area contributed by atoms with Crippen LogP contribution in [0.5, 0.6) is 0 Å². The van der Waals surface area contributed by atoms with Gasteiger partial charge < -0.3 is 14.8 Å². The first-order valence-corrected chi connectivity index (χ1v) is 6.95. The van der Waals surface area contributed by atoms with Crippen molar-refractivity contribution in [1.82, 2.24) is 5.32 Å². The maximum atomic E-state index is 5.54. The second-order valence-corrected chi connectivity index (χ2v) is 5.36. The van der Waals surface area contributed by atoms with Crippen LogP contribution in [0, 0.1) is 6.92 Å². The van der Waals surface area contributed by atoms with Gasteiger partial charge in [0.2, 0.25) is 0 Å². The number of nitrogens with one attached hydrogen (secondary N) is 1. The minimum atomic E-state index is 0.661. The van der Waals surface area contributed by atoms with Gasteiger partial charge in [-0.15, -0.1) is 11.3 Å². The lowest BCUT2D eigenvalue weighted by Gasteiger charge is -2.02. The molecule has 0 unspecified atom stereocenters. The zero-order valence-electron chi connectivity index (χ0n) is 11.0. The average molecular weight is 257 g/mol. The summed E-state index contributed by atoms with van der Waals surface area (Å²) in [5, 5.41) is 3.42. The normalized spacial score (nSPS) is 11.0. The first-order valence-electron chi connectivity index (χ1n) is 6.13. The van der Waals surface area contributed by atoms with E-state index in [1.165, 1.54) is 21.7 Å². The summed E-state index contributed by atoms with van der Waals surface area (Å²) in [5.41, 5.74) is 1.31. The number of ether oxygens (including phenoxy) is 2. The molecule has 1 aromatic rings. The van der Waals surface area contributed by atoms with Crippen LogP contribution in [0.2, 0.25) is 0 Å². The molecule has 0 amide bonds. The summed E-state index contributed by atoms with van der Waals surface area (Å²) < 4.78 is 10.5. The van der Waals surface area contributed by atoms with Crippen molar-refractivity contribution in [3.05, 3.63) is 21.4 Å². The lowest BCUT2D eigenvalue weighted by Crippen LogP contribution is -2.12. The summed E-state index contributed by atoms with van der Waals surface area (Å²) in [6, 6.07) is 2.25. The first-order chi connectivity index (χ1) is 8.27. The van der Waals surface area contributed by atoms with Crippen molar-refractivity contribution < 1.29 is 9.47 Å². The Morgan fingerprint density at radius 2 is 2.18 bits per heavy atom. The topological polar surface area (TPSA) is 30.5 Å². The van der Waals surface area contributed by atoms with E-state index in [1.54, 1.807) is 7.11 Å². The van der Waals surface area contributed by atoms with Crippen molar-refractivity contribution in [1.29, 1.82) is 0 Å². The van der Waals surface area contributed by atoms with Crippen LogP contribution in [0.25, 0.3) is 0 Å². The van der Waals surface area contributed by atoms with Crippen molar-refractivity contribution in [2.24, 2.45) is 0 Å². The van der Waals surface area contributed by atoms with Gasteiger partial charge in [0.15, 0.2) is 0 Å². The molecule has 1 N–H and O–H groups in total. The van der Waals surface area contributed by atoms with Gasteiger partial charge in [0, 0.05) is 23.4 Å². The van der Waals surface area contributed by atoms with Crippen LogP contribution >= 0.6 is 11.3 Å². The van der Waals surface area contributed by atoms with Gasteiger partial charge >= 0.3 is 0 Å². The Morgan fingerprint density at radius 3 is 2.88 bits per heavy atom. The monoisotopic (exact) mass is 257 g/mol. The predicted molar refractivity (Wildman–Crippen MR) is 72.6 cm³/mol. The van der Waals surface area contributed by atoms with Crippen LogP contribution in [0.4, 0.5) is 0 Å². The molecule has 1 heterocycles. The van der Waals surface area contributed by atoms with Crippen LogP contribution in [-0.4, -0.2) is 26.9 Å². The zero-order chi connectivity index (χ0) is 12.5. The quantitative estimate of drug-likeness (QED) is 0.690. The molecule has 1 rings (SSSR count). The van der Waals surface area contributed by atoms with Gasteiger partial charge in [0.05, 0.1) is 19.8 Å². The number of hydrogen-bond acceptors (Lipinski definition) is 4. The third kappa shape index (κ3) is 5.64. The summed E-state index contributed by atoms with van der Waals surface area (Å²) in [6.07, 6.45) is 1.18. The molecule has 17 heavy (non-hydrogen) atoms. The molecule has 0 saturated carbocycles. The highest BCUT2D eigenvalue weighted by Gasteiger charge is 2.05. The van der Waals surface area contributed by atoms with E-state index in [0.717, 1.165) is 13.1 Å². The Kier molecular flexibility index (Phi) is 7.44. The summed E-state index contributed by atoms with van der Waals surface area (Å²) in [4.78, 5) is 2.75. The Hall–Kier alpha value is -0.420. The fourth-order valence-corrected chi connectivity index (χ4v) is 2.55. The molecule has 0 aliphatic heterocycles. The molecule has 1 aromatic heterocycles. The summed E-state index contributed by atoms with van der Waals surface area (Å²) in [7, 11) is 1.69. The third-order valence-corrected chi connectivity index (χ3v) is 3.58. The lowest BCUT2D eigenvalue weighted by molar-refractivity contribution is 0.0616. The Morgan fingerprint density at radius 1 is 1.35 bits per heavy atom. The molecule has 0 aliphatic carbocycles. The first kappa shape index (κ1) is 14.6. The molecule has 0 radical (unpaired) electrons. The van der Waals surface area contributed by atoms with E-state index in [2.05, 4.69) is 25.2 Å². The molecule has 0 spiro atoms. The molecule has 0 fully saturated rings. The highest BCUT2D eigenvalue weighted by Crippen LogP contribution is 2.22. The van der Waals surface area contributed by atoms with E-state index in [1.807, 2.05) is 11.3 Å². The standard InChI is InChI=1S/C13H23NO2S/c1-4-5-14-9-13-8-12(11(2)17-13)10-16-7-6-15-3/h8,14H,4-7,9-10H2,1-3H3. The van der Waals surface area contributed by atoms with E-state index in [0.29, 0.717) is 19.8 Å². The van der Waals surface area contributed by atoms with Crippen LogP contribution in [0.1, 0.15) is 28.7 Å². The molecular weight excluding hydrogens is 234 g/mol. The molecular formula is C13H23NO2S. The van der Waals surface area contributed by atoms with E-state index < -0.39 is 0 Å². The van der Waals surface area contributed by atoms with Gasteiger partial charge in [-0.3, -0.25) is 0 Å². The second kappa shape index (κ2) is 8.64. The van der Waals surface area contributed by atoms with Gasteiger partial charge in [0.1, 0.15) is 0 Å². The van der Waals surface area contributed by atoms with Crippen molar-refractivity contribution in [3.8, 4) is 0 Å². The van der Waals surface area contributed by atoms with Crippen molar-refractivity contribution in [2.45, 2.75) is 33.4 Å². The van der Waals surface area contributed by atoms with Crippen LogP contribution < -0.4 is 5.32 Å². The van der Waals surface area contributed by atoms with E-state index in [9.17, 15) is 0 Å². The van der Waals surface area contributed by atoms with Gasteiger partial charge in [-0.2, -0.15) is 0 Å². The van der Waals surface area contributed by atoms with Gasteiger partial charge in [0.25, 0.3) is 0 Å². The molecule has 0 aliphatic rings. The maximum absolute atomic E-state index is 5.54. The van der Waals surface area contributed by atoms with Crippen LogP contribution in [0.15, 0.2) is 6.07 Å². The van der Waals surface area contributed by atoms with Crippen molar-refractivity contribution in [3.63, 3.8) is 0 Å². The summed E-state index contributed by atoms with van der Waals surface area (Å²) >= 11 is 1.85.